The molecule has 0 amide bonds. The maximum absolute atomic E-state index is 12.8. The lowest BCUT2D eigenvalue weighted by atomic mass is 9.83. The molecule has 1 unspecified atom stereocenters. The van der Waals surface area contributed by atoms with Crippen LogP contribution in [-0.2, 0) is 4.79 Å². The monoisotopic (exact) mass is 196 g/mol. The Kier molecular flexibility index (Phi) is 1.57. The van der Waals surface area contributed by atoms with Crippen LogP contribution in [0.2, 0.25) is 0 Å². The van der Waals surface area contributed by atoms with E-state index in [0.29, 0.717) is 5.56 Å². The standard InChI is InChI=1S/C12H13FO/c13-11-5-1-9(2-6-11)10-3-7-12(14)8-4-10/h1-2,5-6,10H,3-4,7-8H2/i3D2,7D2. The number of rotatable bonds is 1. The first-order valence-electron chi connectivity index (χ1n) is 6.55. The van der Waals surface area contributed by atoms with Crippen LogP contribution in [0.3, 0.4) is 0 Å². The molecule has 1 nitrogen and oxygen atoms in total. The van der Waals surface area contributed by atoms with Gasteiger partial charge < -0.3 is 0 Å². The smallest absolute Gasteiger partial charge is 0.132 e. The van der Waals surface area contributed by atoms with E-state index in [1.807, 2.05) is 0 Å². The Hall–Kier alpha value is -1.18. The van der Waals surface area contributed by atoms with E-state index in [9.17, 15) is 9.18 Å². The lowest BCUT2D eigenvalue weighted by molar-refractivity contribution is -0.120. The van der Waals surface area contributed by atoms with E-state index in [-0.39, 0.29) is 12.8 Å². The predicted molar refractivity (Wildman–Crippen MR) is 52.6 cm³/mol. The highest BCUT2D eigenvalue weighted by Gasteiger charge is 2.19. The first-order chi connectivity index (χ1) is 8.26. The second-order valence-corrected chi connectivity index (χ2v) is 3.34. The van der Waals surface area contributed by atoms with Crippen molar-refractivity contribution in [2.24, 2.45) is 0 Å². The van der Waals surface area contributed by atoms with E-state index >= 15 is 0 Å². The Labute approximate surface area is 88.6 Å². The second-order valence-electron chi connectivity index (χ2n) is 3.34. The van der Waals surface area contributed by atoms with Gasteiger partial charge in [-0.25, -0.2) is 4.39 Å². The van der Waals surface area contributed by atoms with E-state index in [2.05, 4.69) is 0 Å². The molecule has 2 heteroatoms. The zero-order chi connectivity index (χ0) is 13.6. The largest absolute Gasteiger partial charge is 0.300 e. The van der Waals surface area contributed by atoms with Crippen molar-refractivity contribution in [1.29, 1.82) is 0 Å². The SMILES string of the molecule is [2H]C1([2H])C(=O)CCC(c2ccc(F)cc2)C1([2H])[2H]. The maximum Gasteiger partial charge on any atom is 0.132 e. The van der Waals surface area contributed by atoms with Crippen LogP contribution in [0.25, 0.3) is 0 Å². The van der Waals surface area contributed by atoms with Gasteiger partial charge in [-0.3, -0.25) is 4.79 Å². The van der Waals surface area contributed by atoms with Crippen LogP contribution in [0.1, 0.15) is 42.6 Å². The molecule has 0 aromatic heterocycles. The molecular weight excluding hydrogens is 179 g/mol. The van der Waals surface area contributed by atoms with Crippen molar-refractivity contribution in [3.8, 4) is 0 Å². The number of Topliss-reactive ketones (excluding diaryl/α,β-unsaturated/α-hetero) is 1. The van der Waals surface area contributed by atoms with Crippen LogP contribution < -0.4 is 0 Å². The van der Waals surface area contributed by atoms with Gasteiger partial charge in [0.15, 0.2) is 0 Å². The van der Waals surface area contributed by atoms with Gasteiger partial charge in [0.05, 0.1) is 0 Å². The summed E-state index contributed by atoms with van der Waals surface area (Å²) in [5, 5.41) is 0. The maximum atomic E-state index is 12.8. The van der Waals surface area contributed by atoms with Crippen molar-refractivity contribution in [2.45, 2.75) is 31.5 Å². The first kappa shape index (κ1) is 5.64. The van der Waals surface area contributed by atoms with Crippen LogP contribution in [0.4, 0.5) is 4.39 Å². The number of carbonyl (C=O) groups excluding carboxylic acids is 1. The molecule has 0 radical (unpaired) electrons. The Balaban J connectivity index is 2.40. The summed E-state index contributed by atoms with van der Waals surface area (Å²) in [6.45, 7) is 0. The van der Waals surface area contributed by atoms with Gasteiger partial charge in [-0.15, -0.1) is 0 Å². The summed E-state index contributed by atoms with van der Waals surface area (Å²) < 4.78 is 43.9. The Bertz CT molecular complexity index is 469. The van der Waals surface area contributed by atoms with Crippen LogP contribution in [0, 0.1) is 5.82 Å². The number of carbonyl (C=O) groups is 1. The van der Waals surface area contributed by atoms with Crippen molar-refractivity contribution < 1.29 is 14.7 Å². The van der Waals surface area contributed by atoms with Crippen molar-refractivity contribution in [3.05, 3.63) is 35.6 Å². The predicted octanol–water partition coefficient (Wildman–Crippen LogP) is 3.05. The molecular formula is C12H13FO. The van der Waals surface area contributed by atoms with Crippen LogP contribution >= 0.6 is 0 Å². The average molecular weight is 196 g/mol. The van der Waals surface area contributed by atoms with Crippen molar-refractivity contribution in [3.63, 3.8) is 0 Å². The molecule has 1 atom stereocenters. The first-order valence-corrected chi connectivity index (χ1v) is 4.55. The summed E-state index contributed by atoms with van der Waals surface area (Å²) >= 11 is 0. The van der Waals surface area contributed by atoms with Gasteiger partial charge in [0.25, 0.3) is 0 Å². The number of hydrogen-bond donors (Lipinski definition) is 0. The molecule has 0 bridgehead atoms. The Morgan fingerprint density at radius 2 is 2.07 bits per heavy atom. The van der Waals surface area contributed by atoms with Crippen LogP contribution in [0.5, 0.6) is 0 Å². The number of hydrogen-bond acceptors (Lipinski definition) is 1. The molecule has 1 aromatic carbocycles. The van der Waals surface area contributed by atoms with Gasteiger partial charge >= 0.3 is 0 Å². The van der Waals surface area contributed by atoms with E-state index in [4.69, 9.17) is 5.48 Å². The van der Waals surface area contributed by atoms with Gasteiger partial charge in [0, 0.05) is 18.3 Å². The third-order valence-electron chi connectivity index (χ3n) is 2.32. The molecule has 1 aromatic rings. The number of benzene rings is 1. The zero-order valence-corrected chi connectivity index (χ0v) is 7.59. The molecule has 1 aliphatic carbocycles. The summed E-state index contributed by atoms with van der Waals surface area (Å²) in [4.78, 5) is 11.5. The van der Waals surface area contributed by atoms with Crippen LogP contribution in [-0.4, -0.2) is 5.78 Å². The average Bonchev–Trinajstić information content (AvgIpc) is 2.29. The minimum absolute atomic E-state index is 0.00849. The Morgan fingerprint density at radius 1 is 1.36 bits per heavy atom. The van der Waals surface area contributed by atoms with E-state index in [1.165, 1.54) is 24.3 Å². The van der Waals surface area contributed by atoms with E-state index in [0.717, 1.165) is 0 Å². The Morgan fingerprint density at radius 3 is 2.79 bits per heavy atom. The van der Waals surface area contributed by atoms with Gasteiger partial charge in [-0.1, -0.05) is 12.1 Å². The van der Waals surface area contributed by atoms with Crippen molar-refractivity contribution in [1.82, 2.24) is 0 Å². The minimum atomic E-state index is -2.50. The van der Waals surface area contributed by atoms with E-state index in [1.54, 1.807) is 0 Å². The highest BCUT2D eigenvalue weighted by molar-refractivity contribution is 5.79. The molecule has 0 heterocycles. The third-order valence-corrected chi connectivity index (χ3v) is 2.32. The van der Waals surface area contributed by atoms with Gasteiger partial charge in [-0.05, 0) is 36.4 Å². The molecule has 0 N–H and O–H groups in total. The fraction of sp³-hybridized carbons (Fsp3) is 0.417. The van der Waals surface area contributed by atoms with Crippen molar-refractivity contribution in [2.75, 3.05) is 0 Å². The van der Waals surface area contributed by atoms with Crippen LogP contribution in [0.15, 0.2) is 24.3 Å². The molecule has 0 aliphatic heterocycles. The highest BCUT2D eigenvalue weighted by atomic mass is 19.1. The van der Waals surface area contributed by atoms with Crippen molar-refractivity contribution >= 4 is 5.78 Å². The fourth-order valence-electron chi connectivity index (χ4n) is 1.52. The van der Waals surface area contributed by atoms with E-state index < -0.39 is 30.3 Å². The second kappa shape index (κ2) is 3.91. The number of ketones is 1. The molecule has 0 spiro atoms. The van der Waals surface area contributed by atoms with Gasteiger partial charge in [-0.2, -0.15) is 0 Å². The summed E-state index contributed by atoms with van der Waals surface area (Å²) in [5.74, 6) is -1.86. The molecule has 74 valence electrons. The highest BCUT2D eigenvalue weighted by Crippen LogP contribution is 2.30. The quantitative estimate of drug-likeness (QED) is 0.674. The summed E-state index contributed by atoms with van der Waals surface area (Å²) in [6.07, 6.45) is -4.52. The minimum Gasteiger partial charge on any atom is -0.300 e. The molecule has 0 saturated heterocycles. The normalized spacial score (nSPS) is 33.8. The molecule has 1 saturated carbocycles. The molecule has 1 aliphatic rings. The lowest BCUT2D eigenvalue weighted by Gasteiger charge is -2.21. The summed E-state index contributed by atoms with van der Waals surface area (Å²) in [7, 11) is 0. The summed E-state index contributed by atoms with van der Waals surface area (Å²) in [5.41, 5.74) is 0.526. The summed E-state index contributed by atoms with van der Waals surface area (Å²) in [6, 6.07) is 5.34. The third kappa shape index (κ3) is 2.00. The van der Waals surface area contributed by atoms with Gasteiger partial charge in [0.1, 0.15) is 11.6 Å². The topological polar surface area (TPSA) is 17.1 Å². The number of halogens is 1. The lowest BCUT2D eigenvalue weighted by Crippen LogP contribution is -2.12. The fourth-order valence-corrected chi connectivity index (χ4v) is 1.52. The van der Waals surface area contributed by atoms with Gasteiger partial charge in [0.2, 0.25) is 0 Å². The molecule has 14 heavy (non-hydrogen) atoms. The zero-order valence-electron chi connectivity index (χ0n) is 11.6. The molecule has 2 rings (SSSR count). The molecule has 1 fully saturated rings.